The average Bonchev–Trinajstić information content (AvgIpc) is 2.70. The second-order valence-corrected chi connectivity index (χ2v) is 8.36. The first-order chi connectivity index (χ1) is 13.9. The standard InChI is InChI=1S/C24H32N4O/c1-5-25-23(27-16-24(3,4)19-12-10-17(2)11-13-19)26-15-18-14-22(29)28-21-9-7-6-8-20(18)21/h6-13,18H,5,14-16H2,1-4H3,(H,28,29)(H2,25,26,27). The number of benzene rings is 2. The van der Waals surface area contributed by atoms with Gasteiger partial charge in [0.1, 0.15) is 0 Å². The maximum Gasteiger partial charge on any atom is 0.225 e. The van der Waals surface area contributed by atoms with Gasteiger partial charge in [-0.2, -0.15) is 0 Å². The molecule has 1 amide bonds. The van der Waals surface area contributed by atoms with Crippen LogP contribution in [-0.2, 0) is 10.2 Å². The fraction of sp³-hybridized carbons (Fsp3) is 0.417. The molecule has 154 valence electrons. The summed E-state index contributed by atoms with van der Waals surface area (Å²) < 4.78 is 0. The van der Waals surface area contributed by atoms with E-state index in [9.17, 15) is 4.79 Å². The zero-order valence-electron chi connectivity index (χ0n) is 17.9. The molecule has 0 aliphatic carbocycles. The Hall–Kier alpha value is -2.82. The number of amides is 1. The summed E-state index contributed by atoms with van der Waals surface area (Å²) in [5.74, 6) is 0.989. The average molecular weight is 393 g/mol. The molecular weight excluding hydrogens is 360 g/mol. The number of fused-ring (bicyclic) bond motifs is 1. The molecule has 5 heteroatoms. The molecule has 0 bridgehead atoms. The van der Waals surface area contributed by atoms with E-state index < -0.39 is 0 Å². The van der Waals surface area contributed by atoms with Gasteiger partial charge in [-0.25, -0.2) is 0 Å². The van der Waals surface area contributed by atoms with Crippen LogP contribution in [0.2, 0.25) is 0 Å². The third-order valence-corrected chi connectivity index (χ3v) is 5.43. The van der Waals surface area contributed by atoms with E-state index in [1.54, 1.807) is 0 Å². The number of nitrogens with zero attached hydrogens (tertiary/aromatic N) is 1. The van der Waals surface area contributed by atoms with E-state index in [1.165, 1.54) is 16.7 Å². The molecule has 3 N–H and O–H groups in total. The van der Waals surface area contributed by atoms with Crippen molar-refractivity contribution in [1.82, 2.24) is 10.6 Å². The molecule has 2 aromatic rings. The van der Waals surface area contributed by atoms with Crippen LogP contribution in [0.1, 0.15) is 49.8 Å². The van der Waals surface area contributed by atoms with E-state index >= 15 is 0 Å². The van der Waals surface area contributed by atoms with E-state index in [1.807, 2.05) is 18.2 Å². The summed E-state index contributed by atoms with van der Waals surface area (Å²) in [4.78, 5) is 16.9. The van der Waals surface area contributed by atoms with E-state index in [0.29, 0.717) is 19.5 Å². The number of rotatable bonds is 6. The SMILES string of the molecule is CCNC(=NCC(C)(C)c1ccc(C)cc1)NCC1CC(=O)Nc2ccccc21. The molecule has 5 nitrogen and oxygen atoms in total. The topological polar surface area (TPSA) is 65.5 Å². The summed E-state index contributed by atoms with van der Waals surface area (Å²) in [5.41, 5.74) is 4.57. The Labute approximate surface area is 174 Å². The van der Waals surface area contributed by atoms with Crippen molar-refractivity contribution in [3.8, 4) is 0 Å². The van der Waals surface area contributed by atoms with Crippen molar-refractivity contribution in [3.05, 3.63) is 65.2 Å². The van der Waals surface area contributed by atoms with Crippen molar-refractivity contribution in [2.75, 3.05) is 25.0 Å². The number of para-hydroxylation sites is 1. The summed E-state index contributed by atoms with van der Waals surface area (Å²) in [6.07, 6.45) is 0.484. The van der Waals surface area contributed by atoms with Crippen LogP contribution in [0.3, 0.4) is 0 Å². The first-order valence-corrected chi connectivity index (χ1v) is 10.4. The van der Waals surface area contributed by atoms with Crippen LogP contribution in [0.5, 0.6) is 0 Å². The summed E-state index contributed by atoms with van der Waals surface area (Å²) in [6, 6.07) is 16.7. The van der Waals surface area contributed by atoms with Crippen molar-refractivity contribution in [3.63, 3.8) is 0 Å². The van der Waals surface area contributed by atoms with Gasteiger partial charge in [-0.15, -0.1) is 0 Å². The molecule has 29 heavy (non-hydrogen) atoms. The van der Waals surface area contributed by atoms with Gasteiger partial charge in [-0.3, -0.25) is 9.79 Å². The molecule has 0 spiro atoms. The fourth-order valence-corrected chi connectivity index (χ4v) is 3.62. The molecular formula is C24H32N4O. The number of carbonyl (C=O) groups excluding carboxylic acids is 1. The Kier molecular flexibility index (Phi) is 6.57. The second-order valence-electron chi connectivity index (χ2n) is 8.36. The third kappa shape index (κ3) is 5.37. The summed E-state index contributed by atoms with van der Waals surface area (Å²) in [5, 5.41) is 9.73. The fourth-order valence-electron chi connectivity index (χ4n) is 3.62. The monoisotopic (exact) mass is 392 g/mol. The van der Waals surface area contributed by atoms with Gasteiger partial charge < -0.3 is 16.0 Å². The van der Waals surface area contributed by atoms with Gasteiger partial charge in [0, 0.05) is 36.5 Å². The zero-order valence-corrected chi connectivity index (χ0v) is 17.9. The maximum atomic E-state index is 12.1. The Bertz CT molecular complexity index is 871. The lowest BCUT2D eigenvalue weighted by atomic mass is 9.84. The lowest BCUT2D eigenvalue weighted by Gasteiger charge is -2.27. The highest BCUT2D eigenvalue weighted by molar-refractivity contribution is 5.94. The van der Waals surface area contributed by atoms with E-state index in [-0.39, 0.29) is 17.2 Å². The Morgan fingerprint density at radius 1 is 1.14 bits per heavy atom. The minimum Gasteiger partial charge on any atom is -0.357 e. The number of aliphatic imine (C=N–C) groups is 1. The second kappa shape index (κ2) is 9.12. The maximum absolute atomic E-state index is 12.1. The number of guanidine groups is 1. The van der Waals surface area contributed by atoms with E-state index in [2.05, 4.69) is 74.0 Å². The lowest BCUT2D eigenvalue weighted by molar-refractivity contribution is -0.116. The van der Waals surface area contributed by atoms with Crippen molar-refractivity contribution >= 4 is 17.6 Å². The van der Waals surface area contributed by atoms with Gasteiger partial charge in [-0.1, -0.05) is 61.9 Å². The van der Waals surface area contributed by atoms with Crippen molar-refractivity contribution in [2.24, 2.45) is 4.99 Å². The number of aryl methyl sites for hydroxylation is 1. The van der Waals surface area contributed by atoms with Crippen LogP contribution in [0.15, 0.2) is 53.5 Å². The molecule has 1 aliphatic heterocycles. The summed E-state index contributed by atoms with van der Waals surface area (Å²) >= 11 is 0. The lowest BCUT2D eigenvalue weighted by Crippen LogP contribution is -2.41. The van der Waals surface area contributed by atoms with Gasteiger partial charge in [-0.05, 0) is 31.0 Å². The minimum absolute atomic E-state index is 0.0621. The Morgan fingerprint density at radius 3 is 2.59 bits per heavy atom. The first-order valence-electron chi connectivity index (χ1n) is 10.4. The van der Waals surface area contributed by atoms with Crippen molar-refractivity contribution in [1.29, 1.82) is 0 Å². The molecule has 1 heterocycles. The molecule has 0 aromatic heterocycles. The Morgan fingerprint density at radius 2 is 1.86 bits per heavy atom. The quantitative estimate of drug-likeness (QED) is 0.515. The molecule has 0 saturated heterocycles. The van der Waals surface area contributed by atoms with Crippen LogP contribution in [0.25, 0.3) is 0 Å². The van der Waals surface area contributed by atoms with Gasteiger partial charge in [0.15, 0.2) is 5.96 Å². The van der Waals surface area contributed by atoms with Crippen LogP contribution in [0, 0.1) is 6.92 Å². The van der Waals surface area contributed by atoms with E-state index in [4.69, 9.17) is 4.99 Å². The van der Waals surface area contributed by atoms with Crippen LogP contribution >= 0.6 is 0 Å². The molecule has 1 aliphatic rings. The molecule has 1 atom stereocenters. The van der Waals surface area contributed by atoms with Gasteiger partial charge >= 0.3 is 0 Å². The molecule has 0 saturated carbocycles. The van der Waals surface area contributed by atoms with E-state index in [0.717, 1.165) is 18.2 Å². The third-order valence-electron chi connectivity index (χ3n) is 5.43. The molecule has 3 rings (SSSR count). The van der Waals surface area contributed by atoms with Crippen LogP contribution < -0.4 is 16.0 Å². The summed E-state index contributed by atoms with van der Waals surface area (Å²) in [6.45, 7) is 10.7. The van der Waals surface area contributed by atoms with Gasteiger partial charge in [0.05, 0.1) is 6.54 Å². The minimum atomic E-state index is -0.0621. The predicted molar refractivity (Wildman–Crippen MR) is 121 cm³/mol. The molecule has 0 fully saturated rings. The zero-order chi connectivity index (χ0) is 20.9. The van der Waals surface area contributed by atoms with Crippen molar-refractivity contribution < 1.29 is 4.79 Å². The smallest absolute Gasteiger partial charge is 0.225 e. The highest BCUT2D eigenvalue weighted by atomic mass is 16.1. The molecule has 2 aromatic carbocycles. The number of anilines is 1. The van der Waals surface area contributed by atoms with Crippen LogP contribution in [-0.4, -0.2) is 31.5 Å². The highest BCUT2D eigenvalue weighted by Crippen LogP contribution is 2.31. The number of carbonyl (C=O) groups is 1. The number of nitrogens with one attached hydrogen (secondary N) is 3. The number of hydrogen-bond acceptors (Lipinski definition) is 2. The van der Waals surface area contributed by atoms with Gasteiger partial charge in [0.25, 0.3) is 0 Å². The first kappa shape index (κ1) is 20.9. The largest absolute Gasteiger partial charge is 0.357 e. The Balaban J connectivity index is 1.68. The van der Waals surface area contributed by atoms with Crippen molar-refractivity contribution in [2.45, 2.75) is 45.4 Å². The summed E-state index contributed by atoms with van der Waals surface area (Å²) in [7, 11) is 0. The predicted octanol–water partition coefficient (Wildman–Crippen LogP) is 3.95. The molecule has 0 radical (unpaired) electrons. The van der Waals surface area contributed by atoms with Gasteiger partial charge in [0.2, 0.25) is 5.91 Å². The number of hydrogen-bond donors (Lipinski definition) is 3. The highest BCUT2D eigenvalue weighted by Gasteiger charge is 2.25. The molecule has 1 unspecified atom stereocenters. The van der Waals surface area contributed by atoms with Crippen LogP contribution in [0.4, 0.5) is 5.69 Å². The normalized spacial score (nSPS) is 16.8.